The number of pyridine rings is 1. The summed E-state index contributed by atoms with van der Waals surface area (Å²) < 4.78 is 5.37. The van der Waals surface area contributed by atoms with Gasteiger partial charge in [-0.05, 0) is 24.3 Å². The number of benzene rings is 1. The maximum Gasteiger partial charge on any atom is 0.248 e. The fourth-order valence-corrected chi connectivity index (χ4v) is 2.43. The minimum absolute atomic E-state index is 0.442. The van der Waals surface area contributed by atoms with Crippen LogP contribution in [0.25, 0.3) is 11.3 Å². The Morgan fingerprint density at radius 3 is 2.76 bits per heavy atom. The maximum absolute atomic E-state index is 11.3. The molecule has 2 heterocycles. The van der Waals surface area contributed by atoms with Gasteiger partial charge >= 0.3 is 0 Å². The molecule has 108 valence electrons. The highest BCUT2D eigenvalue weighted by molar-refractivity contribution is 5.93. The zero-order valence-electron chi connectivity index (χ0n) is 11.7. The minimum atomic E-state index is -0.442. The first-order chi connectivity index (χ1) is 10.2. The average molecular weight is 283 g/mol. The lowest BCUT2D eigenvalue weighted by Crippen LogP contribution is -2.36. The van der Waals surface area contributed by atoms with Crippen LogP contribution in [0.15, 0.2) is 42.6 Å². The van der Waals surface area contributed by atoms with Crippen LogP contribution in [0, 0.1) is 0 Å². The first-order valence-electron chi connectivity index (χ1n) is 6.93. The van der Waals surface area contributed by atoms with Gasteiger partial charge in [0.1, 0.15) is 0 Å². The number of rotatable bonds is 3. The van der Waals surface area contributed by atoms with Crippen LogP contribution in [-0.2, 0) is 4.74 Å². The number of ether oxygens (including phenoxy) is 1. The van der Waals surface area contributed by atoms with E-state index in [4.69, 9.17) is 10.5 Å². The molecule has 1 aromatic carbocycles. The van der Waals surface area contributed by atoms with Crippen molar-refractivity contribution in [1.29, 1.82) is 0 Å². The molecule has 0 atom stereocenters. The van der Waals surface area contributed by atoms with Crippen molar-refractivity contribution >= 4 is 11.6 Å². The van der Waals surface area contributed by atoms with Gasteiger partial charge < -0.3 is 15.4 Å². The quantitative estimate of drug-likeness (QED) is 0.930. The summed E-state index contributed by atoms with van der Waals surface area (Å²) in [6, 6.07) is 11.5. The number of anilines is 1. The van der Waals surface area contributed by atoms with Crippen LogP contribution in [0.4, 0.5) is 5.69 Å². The van der Waals surface area contributed by atoms with Crippen LogP contribution in [0.1, 0.15) is 10.4 Å². The number of carbonyl (C=O) groups is 1. The van der Waals surface area contributed by atoms with E-state index in [2.05, 4.69) is 22.0 Å². The molecule has 0 unspecified atom stereocenters. The largest absolute Gasteiger partial charge is 0.378 e. The van der Waals surface area contributed by atoms with E-state index in [0.717, 1.165) is 43.2 Å². The monoisotopic (exact) mass is 283 g/mol. The number of carbonyl (C=O) groups excluding carboxylic acids is 1. The average Bonchev–Trinajstić information content (AvgIpc) is 2.56. The first kappa shape index (κ1) is 13.6. The molecular weight excluding hydrogens is 266 g/mol. The third-order valence-electron chi connectivity index (χ3n) is 3.56. The maximum atomic E-state index is 11.3. The number of aromatic nitrogens is 1. The van der Waals surface area contributed by atoms with Gasteiger partial charge in [0.15, 0.2) is 0 Å². The second kappa shape index (κ2) is 5.93. The summed E-state index contributed by atoms with van der Waals surface area (Å²) in [4.78, 5) is 17.9. The molecule has 0 aliphatic carbocycles. The second-order valence-corrected chi connectivity index (χ2v) is 4.94. The Morgan fingerprint density at radius 2 is 2.00 bits per heavy atom. The van der Waals surface area contributed by atoms with Gasteiger partial charge in [0, 0.05) is 36.1 Å². The van der Waals surface area contributed by atoms with Gasteiger partial charge in [-0.2, -0.15) is 0 Å². The Morgan fingerprint density at radius 1 is 1.19 bits per heavy atom. The summed E-state index contributed by atoms with van der Waals surface area (Å²) in [6.45, 7) is 3.27. The molecule has 2 aromatic rings. The van der Waals surface area contributed by atoms with E-state index >= 15 is 0 Å². The van der Waals surface area contributed by atoms with E-state index in [9.17, 15) is 4.79 Å². The third-order valence-corrected chi connectivity index (χ3v) is 3.56. The van der Waals surface area contributed by atoms with Gasteiger partial charge in [-0.25, -0.2) is 0 Å². The molecule has 2 N–H and O–H groups in total. The third kappa shape index (κ3) is 3.03. The Bertz CT molecular complexity index is 651. The van der Waals surface area contributed by atoms with Crippen molar-refractivity contribution in [3.8, 4) is 11.3 Å². The Kier molecular flexibility index (Phi) is 3.83. The van der Waals surface area contributed by atoms with E-state index in [-0.39, 0.29) is 0 Å². The summed E-state index contributed by atoms with van der Waals surface area (Å²) in [7, 11) is 0. The number of morpholine rings is 1. The lowest BCUT2D eigenvalue weighted by Gasteiger charge is -2.29. The molecule has 0 bridgehead atoms. The number of nitrogens with two attached hydrogens (primary N) is 1. The zero-order valence-corrected chi connectivity index (χ0v) is 11.7. The van der Waals surface area contributed by atoms with E-state index in [1.807, 2.05) is 12.1 Å². The van der Waals surface area contributed by atoms with Crippen molar-refractivity contribution in [2.45, 2.75) is 0 Å². The fraction of sp³-hybridized carbons (Fsp3) is 0.250. The number of primary amides is 1. The molecule has 1 amide bonds. The van der Waals surface area contributed by atoms with Crippen LogP contribution in [0.3, 0.4) is 0 Å². The van der Waals surface area contributed by atoms with Crippen LogP contribution in [0.5, 0.6) is 0 Å². The Hall–Kier alpha value is -2.40. The normalized spacial score (nSPS) is 15.0. The summed E-state index contributed by atoms with van der Waals surface area (Å²) in [5, 5.41) is 0. The SMILES string of the molecule is NC(=O)c1ccnc(-c2cccc(N3CCOCC3)c2)c1. The van der Waals surface area contributed by atoms with Crippen LogP contribution in [0.2, 0.25) is 0 Å². The topological polar surface area (TPSA) is 68.5 Å². The van der Waals surface area contributed by atoms with Gasteiger partial charge in [-0.15, -0.1) is 0 Å². The number of hydrogen-bond acceptors (Lipinski definition) is 4. The fourth-order valence-electron chi connectivity index (χ4n) is 2.43. The van der Waals surface area contributed by atoms with Crippen LogP contribution < -0.4 is 10.6 Å². The van der Waals surface area contributed by atoms with Gasteiger partial charge in [-0.1, -0.05) is 12.1 Å². The Balaban J connectivity index is 1.92. The predicted molar refractivity (Wildman–Crippen MR) is 81.2 cm³/mol. The van der Waals surface area contributed by atoms with Gasteiger partial charge in [0.25, 0.3) is 0 Å². The van der Waals surface area contributed by atoms with Crippen molar-refractivity contribution in [2.24, 2.45) is 5.73 Å². The molecule has 0 spiro atoms. The molecular formula is C16H17N3O2. The summed E-state index contributed by atoms with van der Waals surface area (Å²) >= 11 is 0. The Labute approximate surface area is 123 Å². The predicted octanol–water partition coefficient (Wildman–Crippen LogP) is 1.68. The van der Waals surface area contributed by atoms with E-state index < -0.39 is 5.91 Å². The molecule has 21 heavy (non-hydrogen) atoms. The van der Waals surface area contributed by atoms with Gasteiger partial charge in [0.05, 0.1) is 18.9 Å². The van der Waals surface area contributed by atoms with Crippen molar-refractivity contribution in [3.05, 3.63) is 48.2 Å². The molecule has 5 heteroatoms. The highest BCUT2D eigenvalue weighted by Gasteiger charge is 2.12. The molecule has 1 aromatic heterocycles. The standard InChI is InChI=1S/C16H17N3O2/c17-16(20)13-4-5-18-15(11-13)12-2-1-3-14(10-12)19-6-8-21-9-7-19/h1-5,10-11H,6-9H2,(H2,17,20). The minimum Gasteiger partial charge on any atom is -0.378 e. The van der Waals surface area contributed by atoms with E-state index in [1.54, 1.807) is 18.3 Å². The molecule has 1 fully saturated rings. The lowest BCUT2D eigenvalue weighted by atomic mass is 10.1. The zero-order chi connectivity index (χ0) is 14.7. The summed E-state index contributed by atoms with van der Waals surface area (Å²) in [6.07, 6.45) is 1.61. The summed E-state index contributed by atoms with van der Waals surface area (Å²) in [5.74, 6) is -0.442. The van der Waals surface area contributed by atoms with Crippen molar-refractivity contribution in [2.75, 3.05) is 31.2 Å². The van der Waals surface area contributed by atoms with Crippen molar-refractivity contribution < 1.29 is 9.53 Å². The number of amides is 1. The van der Waals surface area contributed by atoms with E-state index in [1.165, 1.54) is 0 Å². The molecule has 1 saturated heterocycles. The highest BCUT2D eigenvalue weighted by Crippen LogP contribution is 2.24. The smallest absolute Gasteiger partial charge is 0.248 e. The molecule has 5 nitrogen and oxygen atoms in total. The van der Waals surface area contributed by atoms with Crippen molar-refractivity contribution in [1.82, 2.24) is 4.98 Å². The molecule has 0 radical (unpaired) electrons. The van der Waals surface area contributed by atoms with Crippen molar-refractivity contribution in [3.63, 3.8) is 0 Å². The van der Waals surface area contributed by atoms with Crippen LogP contribution >= 0.6 is 0 Å². The van der Waals surface area contributed by atoms with E-state index in [0.29, 0.717) is 5.56 Å². The van der Waals surface area contributed by atoms with Crippen LogP contribution in [-0.4, -0.2) is 37.2 Å². The molecule has 1 aliphatic rings. The number of hydrogen-bond donors (Lipinski definition) is 1. The lowest BCUT2D eigenvalue weighted by molar-refractivity contribution is 0.1000. The molecule has 0 saturated carbocycles. The first-order valence-corrected chi connectivity index (χ1v) is 6.93. The highest BCUT2D eigenvalue weighted by atomic mass is 16.5. The molecule has 1 aliphatic heterocycles. The second-order valence-electron chi connectivity index (χ2n) is 4.94. The number of nitrogens with zero attached hydrogens (tertiary/aromatic N) is 2. The van der Waals surface area contributed by atoms with Gasteiger partial charge in [-0.3, -0.25) is 9.78 Å². The summed E-state index contributed by atoms with van der Waals surface area (Å²) in [5.41, 5.74) is 8.65. The molecule has 3 rings (SSSR count). The van der Waals surface area contributed by atoms with Gasteiger partial charge in [0.2, 0.25) is 5.91 Å².